The van der Waals surface area contributed by atoms with E-state index in [9.17, 15) is 9.59 Å². The van der Waals surface area contributed by atoms with E-state index in [0.29, 0.717) is 0 Å². The van der Waals surface area contributed by atoms with E-state index >= 15 is 0 Å². The maximum absolute atomic E-state index is 13.0. The molecule has 26 heavy (non-hydrogen) atoms. The molecule has 0 heterocycles. The number of carbonyl (C=O) groups excluding carboxylic acids is 2. The molecule has 0 aliphatic carbocycles. The second-order valence-electron chi connectivity index (χ2n) is 6.94. The zero-order valence-corrected chi connectivity index (χ0v) is 15.9. The molecular weight excluding hydrogens is 326 g/mol. The Labute approximate surface area is 155 Å². The van der Waals surface area contributed by atoms with Crippen molar-refractivity contribution in [3.63, 3.8) is 0 Å². The highest BCUT2D eigenvalue weighted by atomic mass is 16.2. The standard InChI is InChI=1S/C21H27N3O2/c1-15(2)22-19(25)14-24(4)20(17-8-6-5-7-9-17)21(26)23-18-12-10-16(3)11-13-18/h5-13,15,20H,14H2,1-4H3,(H,22,25)(H,23,26)/p+1/t20-/m0/s1. The maximum Gasteiger partial charge on any atom is 0.287 e. The van der Waals surface area contributed by atoms with Gasteiger partial charge in [-0.2, -0.15) is 0 Å². The van der Waals surface area contributed by atoms with Gasteiger partial charge in [0.1, 0.15) is 0 Å². The average Bonchev–Trinajstić information content (AvgIpc) is 2.57. The lowest BCUT2D eigenvalue weighted by atomic mass is 10.0. The Bertz CT molecular complexity index is 727. The van der Waals surface area contributed by atoms with Gasteiger partial charge in [0.15, 0.2) is 12.6 Å². The minimum Gasteiger partial charge on any atom is -0.349 e. The van der Waals surface area contributed by atoms with Gasteiger partial charge in [0.25, 0.3) is 11.8 Å². The molecule has 0 bridgehead atoms. The van der Waals surface area contributed by atoms with Crippen molar-refractivity contribution in [2.24, 2.45) is 0 Å². The number of nitrogens with one attached hydrogen (secondary N) is 3. The number of carbonyl (C=O) groups is 2. The smallest absolute Gasteiger partial charge is 0.287 e. The van der Waals surface area contributed by atoms with Crippen LogP contribution in [0.1, 0.15) is 31.0 Å². The summed E-state index contributed by atoms with van der Waals surface area (Å²) in [5, 5.41) is 5.85. The Morgan fingerprint density at radius 1 is 1.00 bits per heavy atom. The van der Waals surface area contributed by atoms with E-state index in [1.54, 1.807) is 0 Å². The molecule has 0 aliphatic rings. The van der Waals surface area contributed by atoms with Gasteiger partial charge in [-0.05, 0) is 32.9 Å². The van der Waals surface area contributed by atoms with Crippen molar-refractivity contribution >= 4 is 17.5 Å². The Kier molecular flexibility index (Phi) is 6.92. The first-order valence-corrected chi connectivity index (χ1v) is 8.91. The van der Waals surface area contributed by atoms with E-state index < -0.39 is 6.04 Å². The minimum atomic E-state index is -0.476. The lowest BCUT2D eigenvalue weighted by molar-refractivity contribution is -0.894. The fraction of sp³-hybridized carbons (Fsp3) is 0.333. The molecular formula is C21H28N3O2+. The largest absolute Gasteiger partial charge is 0.349 e. The van der Waals surface area contributed by atoms with Gasteiger partial charge < -0.3 is 15.5 Å². The van der Waals surface area contributed by atoms with Crippen molar-refractivity contribution in [1.82, 2.24) is 5.32 Å². The lowest BCUT2D eigenvalue weighted by Gasteiger charge is -2.24. The third kappa shape index (κ3) is 5.70. The molecule has 1 unspecified atom stereocenters. The first-order chi connectivity index (χ1) is 12.4. The maximum atomic E-state index is 13.0. The summed E-state index contributed by atoms with van der Waals surface area (Å²) in [5.41, 5.74) is 2.77. The van der Waals surface area contributed by atoms with Gasteiger partial charge in [-0.25, -0.2) is 0 Å². The topological polar surface area (TPSA) is 62.6 Å². The predicted octanol–water partition coefficient (Wildman–Crippen LogP) is 1.71. The number of aryl methyl sites for hydroxylation is 1. The molecule has 0 spiro atoms. The Balaban J connectivity index is 2.19. The number of hydrogen-bond donors (Lipinski definition) is 3. The van der Waals surface area contributed by atoms with Crippen LogP contribution in [-0.4, -0.2) is 31.4 Å². The van der Waals surface area contributed by atoms with E-state index in [2.05, 4.69) is 10.6 Å². The third-order valence-corrected chi connectivity index (χ3v) is 4.10. The first-order valence-electron chi connectivity index (χ1n) is 8.91. The van der Waals surface area contributed by atoms with Crippen LogP contribution in [0.4, 0.5) is 5.69 Å². The molecule has 0 fully saturated rings. The number of anilines is 1. The molecule has 2 aromatic rings. The molecule has 2 amide bonds. The number of likely N-dealkylation sites (N-methyl/N-ethyl adjacent to an activating group) is 1. The van der Waals surface area contributed by atoms with E-state index in [1.165, 1.54) is 0 Å². The summed E-state index contributed by atoms with van der Waals surface area (Å²) in [6.45, 7) is 6.07. The summed E-state index contributed by atoms with van der Waals surface area (Å²) in [4.78, 5) is 26.0. The molecule has 3 N–H and O–H groups in total. The monoisotopic (exact) mass is 354 g/mol. The highest BCUT2D eigenvalue weighted by molar-refractivity contribution is 5.94. The Hall–Kier alpha value is -2.66. The summed E-state index contributed by atoms with van der Waals surface area (Å²) < 4.78 is 0. The van der Waals surface area contributed by atoms with Gasteiger partial charge in [0, 0.05) is 17.3 Å². The van der Waals surface area contributed by atoms with E-state index in [-0.39, 0.29) is 24.4 Å². The van der Waals surface area contributed by atoms with E-state index in [1.807, 2.05) is 82.4 Å². The average molecular weight is 354 g/mol. The highest BCUT2D eigenvalue weighted by Crippen LogP contribution is 2.14. The molecule has 0 aliphatic heterocycles. The summed E-state index contributed by atoms with van der Waals surface area (Å²) in [7, 11) is 1.87. The second kappa shape index (κ2) is 9.15. The zero-order chi connectivity index (χ0) is 19.1. The quantitative estimate of drug-likeness (QED) is 0.709. The van der Waals surface area contributed by atoms with Crippen molar-refractivity contribution in [3.8, 4) is 0 Å². The van der Waals surface area contributed by atoms with Gasteiger partial charge in [-0.15, -0.1) is 0 Å². The van der Waals surface area contributed by atoms with Crippen LogP contribution in [0.3, 0.4) is 0 Å². The molecule has 0 saturated heterocycles. The van der Waals surface area contributed by atoms with Crippen molar-refractivity contribution < 1.29 is 14.5 Å². The number of rotatable bonds is 7. The Morgan fingerprint density at radius 3 is 2.19 bits per heavy atom. The van der Waals surface area contributed by atoms with Crippen LogP contribution in [0.15, 0.2) is 54.6 Å². The molecule has 0 radical (unpaired) electrons. The highest BCUT2D eigenvalue weighted by Gasteiger charge is 2.30. The van der Waals surface area contributed by atoms with Crippen LogP contribution in [0.25, 0.3) is 0 Å². The number of amides is 2. The van der Waals surface area contributed by atoms with Gasteiger partial charge >= 0.3 is 0 Å². The lowest BCUT2D eigenvalue weighted by Crippen LogP contribution is -3.11. The molecule has 0 saturated carbocycles. The number of hydrogen-bond acceptors (Lipinski definition) is 2. The summed E-state index contributed by atoms with van der Waals surface area (Å²) >= 11 is 0. The predicted molar refractivity (Wildman–Crippen MR) is 104 cm³/mol. The summed E-state index contributed by atoms with van der Waals surface area (Å²) in [6, 6.07) is 16.9. The van der Waals surface area contributed by atoms with Gasteiger partial charge in [0.2, 0.25) is 0 Å². The normalized spacial score (nSPS) is 13.1. The minimum absolute atomic E-state index is 0.0680. The van der Waals surface area contributed by atoms with Gasteiger partial charge in [-0.3, -0.25) is 9.59 Å². The van der Waals surface area contributed by atoms with E-state index in [4.69, 9.17) is 0 Å². The SMILES string of the molecule is Cc1ccc(NC(=O)[C@H](c2ccccc2)[NH+](C)CC(=O)NC(C)C)cc1. The third-order valence-electron chi connectivity index (χ3n) is 4.10. The number of quaternary nitrogens is 1. The molecule has 5 nitrogen and oxygen atoms in total. The molecule has 0 aromatic heterocycles. The fourth-order valence-electron chi connectivity index (χ4n) is 2.88. The van der Waals surface area contributed by atoms with Crippen LogP contribution in [-0.2, 0) is 9.59 Å². The molecule has 2 rings (SSSR count). The first kappa shape index (κ1) is 19.7. The van der Waals surface area contributed by atoms with Crippen LogP contribution in [0.5, 0.6) is 0 Å². The summed E-state index contributed by atoms with van der Waals surface area (Å²) in [6.07, 6.45) is 0. The van der Waals surface area contributed by atoms with Gasteiger partial charge in [0.05, 0.1) is 7.05 Å². The van der Waals surface area contributed by atoms with Crippen molar-refractivity contribution in [1.29, 1.82) is 0 Å². The summed E-state index contributed by atoms with van der Waals surface area (Å²) in [5.74, 6) is -0.198. The zero-order valence-electron chi connectivity index (χ0n) is 15.9. The fourth-order valence-corrected chi connectivity index (χ4v) is 2.88. The van der Waals surface area contributed by atoms with E-state index in [0.717, 1.165) is 21.7 Å². The molecule has 2 aromatic carbocycles. The molecule has 5 heteroatoms. The van der Waals surface area contributed by atoms with Crippen LogP contribution in [0.2, 0.25) is 0 Å². The van der Waals surface area contributed by atoms with Crippen molar-refractivity contribution in [2.75, 3.05) is 18.9 Å². The Morgan fingerprint density at radius 2 is 1.62 bits per heavy atom. The van der Waals surface area contributed by atoms with Crippen LogP contribution < -0.4 is 15.5 Å². The second-order valence-corrected chi connectivity index (χ2v) is 6.94. The number of benzene rings is 2. The van der Waals surface area contributed by atoms with Gasteiger partial charge in [-0.1, -0.05) is 48.0 Å². The van der Waals surface area contributed by atoms with Crippen molar-refractivity contribution in [2.45, 2.75) is 32.9 Å². The molecule has 2 atom stereocenters. The van der Waals surface area contributed by atoms with Crippen LogP contribution >= 0.6 is 0 Å². The van der Waals surface area contributed by atoms with Crippen LogP contribution in [0, 0.1) is 6.92 Å². The van der Waals surface area contributed by atoms with Crippen molar-refractivity contribution in [3.05, 3.63) is 65.7 Å². The molecule has 138 valence electrons.